The Bertz CT molecular complexity index is 703. The second-order valence-corrected chi connectivity index (χ2v) is 5.15. The quantitative estimate of drug-likeness (QED) is 0.881. The summed E-state index contributed by atoms with van der Waals surface area (Å²) in [5.74, 6) is -2.16. The topological polar surface area (TPSA) is 80.7 Å². The zero-order chi connectivity index (χ0) is 15.6. The van der Waals surface area contributed by atoms with Crippen molar-refractivity contribution in [2.24, 2.45) is 0 Å². The highest BCUT2D eigenvalue weighted by Gasteiger charge is 2.15. The number of benzene rings is 2. The molecule has 0 heterocycles. The lowest BCUT2D eigenvalue weighted by Crippen LogP contribution is -2.20. The third-order valence-corrected chi connectivity index (χ3v) is 3.50. The number of hydrogen-bond donors (Lipinski definition) is 1. The fraction of sp³-hybridized carbons (Fsp3) is 0.0714. The number of anilines is 2. The van der Waals surface area contributed by atoms with Gasteiger partial charge in [-0.2, -0.15) is 0 Å². The predicted octanol–water partition coefficient (Wildman–Crippen LogP) is 2.76. The summed E-state index contributed by atoms with van der Waals surface area (Å²) in [4.78, 5) is 10.9. The molecule has 2 rings (SSSR count). The van der Waals surface area contributed by atoms with Crippen LogP contribution in [0.15, 0.2) is 42.5 Å². The van der Waals surface area contributed by atoms with Crippen LogP contribution in [0.2, 0.25) is 0 Å². The minimum absolute atomic E-state index is 0.0791. The van der Waals surface area contributed by atoms with Gasteiger partial charge in [-0.1, -0.05) is 17.7 Å². The normalized spacial score (nSPS) is 12.0. The molecule has 2 aromatic rings. The fourth-order valence-electron chi connectivity index (χ4n) is 1.82. The summed E-state index contributed by atoms with van der Waals surface area (Å²) >= 11 is -2.72. The summed E-state index contributed by atoms with van der Waals surface area (Å²) in [6, 6.07) is 9.39. The van der Waals surface area contributed by atoms with Gasteiger partial charge >= 0.3 is 5.97 Å². The van der Waals surface area contributed by atoms with Crippen LogP contribution in [0.25, 0.3) is 0 Å². The largest absolute Gasteiger partial charge is 0.755 e. The predicted molar refractivity (Wildman–Crippen MR) is 75.6 cm³/mol. The van der Waals surface area contributed by atoms with Gasteiger partial charge in [0, 0.05) is 0 Å². The SMILES string of the molecule is Cc1ccc(N(c2cc(F)cc(C(=O)O)c2)S(=O)[O-])cc1. The van der Waals surface area contributed by atoms with Gasteiger partial charge in [0.25, 0.3) is 0 Å². The zero-order valence-electron chi connectivity index (χ0n) is 10.9. The second kappa shape index (κ2) is 6.02. The molecule has 0 saturated heterocycles. The maximum absolute atomic E-state index is 13.5. The fourth-order valence-corrected chi connectivity index (χ4v) is 2.39. The molecule has 0 aliphatic rings. The summed E-state index contributed by atoms with van der Waals surface area (Å²) < 4.78 is 37.2. The Morgan fingerprint density at radius 2 is 1.81 bits per heavy atom. The van der Waals surface area contributed by atoms with Crippen LogP contribution in [0.5, 0.6) is 0 Å². The van der Waals surface area contributed by atoms with Gasteiger partial charge in [0.1, 0.15) is 5.82 Å². The van der Waals surface area contributed by atoms with Crippen LogP contribution in [0.1, 0.15) is 15.9 Å². The Hall–Kier alpha value is -2.25. The number of halogens is 1. The molecule has 0 bridgehead atoms. The molecular weight excluding hydrogens is 297 g/mol. The Labute approximate surface area is 123 Å². The molecule has 1 unspecified atom stereocenters. The monoisotopic (exact) mass is 308 g/mol. The molecule has 0 aliphatic carbocycles. The van der Waals surface area contributed by atoms with Crippen molar-refractivity contribution >= 4 is 28.6 Å². The molecule has 110 valence electrons. The maximum Gasteiger partial charge on any atom is 0.335 e. The van der Waals surface area contributed by atoms with E-state index in [9.17, 15) is 17.9 Å². The van der Waals surface area contributed by atoms with Gasteiger partial charge in [-0.3, -0.25) is 8.51 Å². The lowest BCUT2D eigenvalue weighted by Gasteiger charge is -2.26. The van der Waals surface area contributed by atoms with Crippen molar-refractivity contribution in [3.8, 4) is 0 Å². The van der Waals surface area contributed by atoms with Gasteiger partial charge in [-0.05, 0) is 37.3 Å². The molecule has 0 fully saturated rings. The summed E-state index contributed by atoms with van der Waals surface area (Å²) in [6.07, 6.45) is 0. The van der Waals surface area contributed by atoms with E-state index in [-0.39, 0.29) is 16.9 Å². The Morgan fingerprint density at radius 1 is 1.19 bits per heavy atom. The van der Waals surface area contributed by atoms with E-state index in [1.165, 1.54) is 0 Å². The summed E-state index contributed by atoms with van der Waals surface area (Å²) in [5.41, 5.74) is 0.814. The van der Waals surface area contributed by atoms with Crippen LogP contribution in [-0.4, -0.2) is 19.8 Å². The van der Waals surface area contributed by atoms with Gasteiger partial charge in [-0.15, -0.1) is 0 Å². The second-order valence-electron chi connectivity index (χ2n) is 4.35. The van der Waals surface area contributed by atoms with E-state index in [4.69, 9.17) is 5.11 Å². The highest BCUT2D eigenvalue weighted by molar-refractivity contribution is 7.81. The molecule has 1 N–H and O–H groups in total. The van der Waals surface area contributed by atoms with Gasteiger partial charge in [-0.25, -0.2) is 9.18 Å². The van der Waals surface area contributed by atoms with Crippen molar-refractivity contribution < 1.29 is 23.1 Å². The van der Waals surface area contributed by atoms with Crippen LogP contribution in [-0.2, 0) is 11.3 Å². The molecular formula is C14H11FNO4S-. The molecule has 0 radical (unpaired) electrons. The van der Waals surface area contributed by atoms with Crippen molar-refractivity contribution in [2.45, 2.75) is 6.92 Å². The van der Waals surface area contributed by atoms with E-state index in [2.05, 4.69) is 0 Å². The molecule has 0 saturated carbocycles. The minimum atomic E-state index is -2.72. The van der Waals surface area contributed by atoms with E-state index < -0.39 is 23.1 Å². The minimum Gasteiger partial charge on any atom is -0.755 e. The number of hydrogen-bond acceptors (Lipinski definition) is 3. The van der Waals surface area contributed by atoms with Crippen LogP contribution >= 0.6 is 0 Å². The molecule has 7 heteroatoms. The average Bonchev–Trinajstić information content (AvgIpc) is 2.40. The first-order valence-electron chi connectivity index (χ1n) is 5.88. The third-order valence-electron chi connectivity index (χ3n) is 2.78. The number of nitrogens with zero attached hydrogens (tertiary/aromatic N) is 1. The first-order valence-corrected chi connectivity index (χ1v) is 6.92. The van der Waals surface area contributed by atoms with Crippen LogP contribution < -0.4 is 4.31 Å². The van der Waals surface area contributed by atoms with Gasteiger partial charge in [0.2, 0.25) is 0 Å². The number of aryl methyl sites for hydroxylation is 1. The molecule has 5 nitrogen and oxygen atoms in total. The lowest BCUT2D eigenvalue weighted by atomic mass is 10.1. The molecule has 1 atom stereocenters. The van der Waals surface area contributed by atoms with E-state index in [0.717, 1.165) is 28.1 Å². The molecule has 0 aromatic heterocycles. The summed E-state index contributed by atoms with van der Waals surface area (Å²) in [7, 11) is 0. The van der Waals surface area contributed by atoms with Crippen molar-refractivity contribution in [1.29, 1.82) is 0 Å². The van der Waals surface area contributed by atoms with E-state index in [0.29, 0.717) is 0 Å². The van der Waals surface area contributed by atoms with Gasteiger partial charge in [0.15, 0.2) is 0 Å². The Morgan fingerprint density at radius 3 is 2.33 bits per heavy atom. The van der Waals surface area contributed by atoms with Gasteiger partial charge < -0.3 is 9.66 Å². The first-order chi connectivity index (χ1) is 9.88. The van der Waals surface area contributed by atoms with Crippen molar-refractivity contribution in [3.05, 3.63) is 59.4 Å². The molecule has 0 aliphatic heterocycles. The molecule has 2 aromatic carbocycles. The number of carboxylic acids is 1. The summed E-state index contributed by atoms with van der Waals surface area (Å²) in [6.45, 7) is 1.84. The van der Waals surface area contributed by atoms with Crippen LogP contribution in [0.3, 0.4) is 0 Å². The molecule has 0 spiro atoms. The maximum atomic E-state index is 13.5. The number of carboxylic acid groups (broad SMARTS) is 1. The highest BCUT2D eigenvalue weighted by atomic mass is 32.2. The smallest absolute Gasteiger partial charge is 0.335 e. The Balaban J connectivity index is 2.55. The molecule has 21 heavy (non-hydrogen) atoms. The van der Waals surface area contributed by atoms with Crippen molar-refractivity contribution in [1.82, 2.24) is 0 Å². The standard InChI is InChI=1S/C14H12FNO4S/c1-9-2-4-12(5-3-9)16(21(19)20)13-7-10(14(17)18)6-11(15)8-13/h2-8H,1H3,(H,17,18)(H,19,20)/p-1. The number of carbonyl (C=O) groups is 1. The molecule has 0 amide bonds. The lowest BCUT2D eigenvalue weighted by molar-refractivity contribution is 0.0696. The first kappa shape index (κ1) is 15.1. The van der Waals surface area contributed by atoms with Gasteiger partial charge in [0.05, 0.1) is 28.2 Å². The van der Waals surface area contributed by atoms with E-state index >= 15 is 0 Å². The third kappa shape index (κ3) is 3.45. The zero-order valence-corrected chi connectivity index (χ0v) is 11.8. The summed E-state index contributed by atoms with van der Waals surface area (Å²) in [5, 5.41) is 8.92. The van der Waals surface area contributed by atoms with Crippen molar-refractivity contribution in [3.63, 3.8) is 0 Å². The number of aromatic carboxylic acids is 1. The van der Waals surface area contributed by atoms with E-state index in [1.54, 1.807) is 24.3 Å². The average molecular weight is 308 g/mol. The Kier molecular flexibility index (Phi) is 4.35. The highest BCUT2D eigenvalue weighted by Crippen LogP contribution is 2.28. The van der Waals surface area contributed by atoms with Crippen LogP contribution in [0.4, 0.5) is 15.8 Å². The van der Waals surface area contributed by atoms with Crippen LogP contribution in [0, 0.1) is 12.7 Å². The van der Waals surface area contributed by atoms with Crippen molar-refractivity contribution in [2.75, 3.05) is 4.31 Å². The van der Waals surface area contributed by atoms with E-state index in [1.807, 2.05) is 6.92 Å². The number of rotatable bonds is 4.